The Hall–Kier alpha value is -1.33. The van der Waals surface area contributed by atoms with Gasteiger partial charge >= 0.3 is 0 Å². The van der Waals surface area contributed by atoms with E-state index in [9.17, 15) is 4.21 Å². The molecular formula is C14H18ClN3OS. The highest BCUT2D eigenvalue weighted by Gasteiger charge is 2.07. The van der Waals surface area contributed by atoms with E-state index in [0.29, 0.717) is 17.3 Å². The molecule has 0 fully saturated rings. The molecule has 0 aliphatic rings. The van der Waals surface area contributed by atoms with Crippen molar-refractivity contribution in [2.24, 2.45) is 0 Å². The fourth-order valence-corrected chi connectivity index (χ4v) is 2.98. The van der Waals surface area contributed by atoms with Crippen LogP contribution in [0.15, 0.2) is 18.2 Å². The van der Waals surface area contributed by atoms with Gasteiger partial charge in [0.1, 0.15) is 0 Å². The number of halogens is 1. The highest BCUT2D eigenvalue weighted by atomic mass is 35.5. The van der Waals surface area contributed by atoms with Gasteiger partial charge in [0, 0.05) is 51.3 Å². The van der Waals surface area contributed by atoms with Crippen molar-refractivity contribution in [2.45, 2.75) is 26.1 Å². The molecule has 2 N–H and O–H groups in total. The molecule has 0 aliphatic heterocycles. The summed E-state index contributed by atoms with van der Waals surface area (Å²) in [6.45, 7) is 4.68. The highest BCUT2D eigenvalue weighted by molar-refractivity contribution is 7.83. The molecule has 2 aromatic rings. The number of rotatable bonds is 5. The van der Waals surface area contributed by atoms with Crippen LogP contribution >= 0.6 is 11.6 Å². The maximum atomic E-state index is 11.3. The number of nitrogens with one attached hydrogen (secondary N) is 2. The third-order valence-corrected chi connectivity index (χ3v) is 4.24. The van der Waals surface area contributed by atoms with E-state index in [4.69, 9.17) is 11.6 Å². The van der Waals surface area contributed by atoms with E-state index in [1.807, 2.05) is 32.0 Å². The molecule has 0 bridgehead atoms. The molecule has 6 heteroatoms. The Labute approximate surface area is 126 Å². The summed E-state index contributed by atoms with van der Waals surface area (Å²) < 4.78 is 11.3. The van der Waals surface area contributed by atoms with Crippen LogP contribution in [-0.2, 0) is 23.1 Å². The van der Waals surface area contributed by atoms with Crippen molar-refractivity contribution in [1.82, 2.24) is 10.2 Å². The fraction of sp³-hybridized carbons (Fsp3) is 0.357. The van der Waals surface area contributed by atoms with E-state index in [-0.39, 0.29) is 0 Å². The van der Waals surface area contributed by atoms with Gasteiger partial charge in [-0.1, -0.05) is 11.6 Å². The lowest BCUT2D eigenvalue weighted by molar-refractivity contribution is 0.686. The van der Waals surface area contributed by atoms with E-state index in [1.165, 1.54) is 5.56 Å². The van der Waals surface area contributed by atoms with Gasteiger partial charge in [-0.05, 0) is 37.6 Å². The zero-order chi connectivity index (χ0) is 14.7. The van der Waals surface area contributed by atoms with Crippen LogP contribution in [0.3, 0.4) is 0 Å². The lowest BCUT2D eigenvalue weighted by Gasteiger charge is -2.10. The highest BCUT2D eigenvalue weighted by Crippen LogP contribution is 2.22. The second-order valence-electron chi connectivity index (χ2n) is 4.79. The van der Waals surface area contributed by atoms with Gasteiger partial charge in [-0.25, -0.2) is 0 Å². The van der Waals surface area contributed by atoms with Crippen molar-refractivity contribution < 1.29 is 4.21 Å². The van der Waals surface area contributed by atoms with Gasteiger partial charge in [-0.2, -0.15) is 5.10 Å². The molecule has 1 heterocycles. The minimum atomic E-state index is -0.903. The van der Waals surface area contributed by atoms with Crippen LogP contribution in [0.2, 0.25) is 5.02 Å². The van der Waals surface area contributed by atoms with Crippen molar-refractivity contribution in [2.75, 3.05) is 11.6 Å². The predicted molar refractivity (Wildman–Crippen MR) is 84.6 cm³/mol. The molecule has 1 atom stereocenters. The summed E-state index contributed by atoms with van der Waals surface area (Å²) in [6, 6.07) is 5.71. The number of aromatic amines is 1. The molecule has 0 spiro atoms. The number of aryl methyl sites for hydroxylation is 2. The number of anilines is 1. The minimum Gasteiger partial charge on any atom is -0.381 e. The zero-order valence-electron chi connectivity index (χ0n) is 11.8. The third-order valence-electron chi connectivity index (χ3n) is 3.15. The SMILES string of the molecule is Cc1n[nH]c(C)c1CNc1ccc(Cl)c(C[S@](C)=O)c1. The maximum absolute atomic E-state index is 11.3. The predicted octanol–water partition coefficient (Wildman–Crippen LogP) is 3.17. The molecule has 0 radical (unpaired) electrons. The number of hydrogen-bond donors (Lipinski definition) is 2. The minimum absolute atomic E-state index is 0.470. The topological polar surface area (TPSA) is 57.8 Å². The number of nitrogens with zero attached hydrogens (tertiary/aromatic N) is 1. The average Bonchev–Trinajstić information content (AvgIpc) is 2.70. The number of hydrogen-bond acceptors (Lipinski definition) is 3. The van der Waals surface area contributed by atoms with Crippen LogP contribution in [0.1, 0.15) is 22.5 Å². The largest absolute Gasteiger partial charge is 0.381 e. The number of benzene rings is 1. The van der Waals surface area contributed by atoms with Crippen LogP contribution < -0.4 is 5.32 Å². The Kier molecular flexibility index (Phi) is 4.83. The van der Waals surface area contributed by atoms with Crippen LogP contribution in [0.25, 0.3) is 0 Å². The van der Waals surface area contributed by atoms with Crippen LogP contribution in [0.4, 0.5) is 5.69 Å². The molecule has 2 rings (SSSR count). The van der Waals surface area contributed by atoms with Gasteiger partial charge in [0.2, 0.25) is 0 Å². The van der Waals surface area contributed by atoms with Gasteiger partial charge in [0.15, 0.2) is 0 Å². The molecule has 0 saturated heterocycles. The fourth-order valence-electron chi connectivity index (χ4n) is 2.04. The Balaban J connectivity index is 2.12. The second kappa shape index (κ2) is 6.41. The van der Waals surface area contributed by atoms with E-state index < -0.39 is 10.8 Å². The summed E-state index contributed by atoms with van der Waals surface area (Å²) >= 11 is 6.11. The Bertz CT molecular complexity index is 620. The number of H-pyrrole nitrogens is 1. The van der Waals surface area contributed by atoms with Crippen LogP contribution in [-0.4, -0.2) is 20.7 Å². The normalized spacial score (nSPS) is 12.4. The van der Waals surface area contributed by atoms with Crippen molar-refractivity contribution in [3.05, 3.63) is 45.7 Å². The van der Waals surface area contributed by atoms with Crippen molar-refractivity contribution in [1.29, 1.82) is 0 Å². The van der Waals surface area contributed by atoms with Gasteiger partial charge in [0.25, 0.3) is 0 Å². The van der Waals surface area contributed by atoms with E-state index in [1.54, 1.807) is 6.26 Å². The third kappa shape index (κ3) is 3.61. The van der Waals surface area contributed by atoms with E-state index >= 15 is 0 Å². The molecular weight excluding hydrogens is 294 g/mol. The second-order valence-corrected chi connectivity index (χ2v) is 6.63. The molecule has 0 saturated carbocycles. The summed E-state index contributed by atoms with van der Waals surface area (Å²) in [7, 11) is -0.903. The van der Waals surface area contributed by atoms with Gasteiger partial charge in [0.05, 0.1) is 5.69 Å². The van der Waals surface area contributed by atoms with Crippen LogP contribution in [0, 0.1) is 13.8 Å². The molecule has 108 valence electrons. The smallest absolute Gasteiger partial charge is 0.0643 e. The summed E-state index contributed by atoms with van der Waals surface area (Å²) in [5.41, 5.74) is 5.10. The van der Waals surface area contributed by atoms with E-state index in [0.717, 1.165) is 22.6 Å². The Morgan fingerprint density at radius 2 is 2.15 bits per heavy atom. The van der Waals surface area contributed by atoms with E-state index in [2.05, 4.69) is 15.5 Å². The van der Waals surface area contributed by atoms with Gasteiger partial charge in [-0.15, -0.1) is 0 Å². The molecule has 0 amide bonds. The molecule has 20 heavy (non-hydrogen) atoms. The average molecular weight is 312 g/mol. The molecule has 1 aromatic carbocycles. The summed E-state index contributed by atoms with van der Waals surface area (Å²) in [4.78, 5) is 0. The quantitative estimate of drug-likeness (QED) is 0.891. The lowest BCUT2D eigenvalue weighted by Crippen LogP contribution is -2.02. The summed E-state index contributed by atoms with van der Waals surface area (Å²) in [6.07, 6.45) is 1.68. The van der Waals surface area contributed by atoms with Crippen molar-refractivity contribution >= 4 is 28.1 Å². The molecule has 0 aliphatic carbocycles. The first-order chi connectivity index (χ1) is 9.47. The van der Waals surface area contributed by atoms with Crippen molar-refractivity contribution in [3.8, 4) is 0 Å². The zero-order valence-corrected chi connectivity index (χ0v) is 13.4. The Morgan fingerprint density at radius 1 is 1.40 bits per heavy atom. The van der Waals surface area contributed by atoms with Gasteiger partial charge in [-0.3, -0.25) is 9.31 Å². The first-order valence-electron chi connectivity index (χ1n) is 6.30. The Morgan fingerprint density at radius 3 is 2.75 bits per heavy atom. The van der Waals surface area contributed by atoms with Crippen LogP contribution in [0.5, 0.6) is 0 Å². The first kappa shape index (κ1) is 15.1. The van der Waals surface area contributed by atoms with Gasteiger partial charge < -0.3 is 5.32 Å². The monoisotopic (exact) mass is 311 g/mol. The first-order valence-corrected chi connectivity index (χ1v) is 8.40. The maximum Gasteiger partial charge on any atom is 0.0643 e. The molecule has 4 nitrogen and oxygen atoms in total. The number of aromatic nitrogens is 2. The standard InChI is InChI=1S/C14H18ClN3OS/c1-9-13(10(2)18-17-9)7-16-12-4-5-14(15)11(6-12)8-20(3)19/h4-6,16H,7-8H2,1-3H3,(H,17,18)/t20-/m0/s1. The van der Waals surface area contributed by atoms with Crippen molar-refractivity contribution in [3.63, 3.8) is 0 Å². The summed E-state index contributed by atoms with van der Waals surface area (Å²) in [5, 5.41) is 11.1. The molecule has 1 aromatic heterocycles. The summed E-state index contributed by atoms with van der Waals surface area (Å²) in [5.74, 6) is 0.470. The lowest BCUT2D eigenvalue weighted by atomic mass is 10.2. The molecule has 0 unspecified atom stereocenters.